The number of nitrogens with one attached hydrogen (secondary N) is 1. The van der Waals surface area contributed by atoms with Gasteiger partial charge in [-0.15, -0.1) is 0 Å². The summed E-state index contributed by atoms with van der Waals surface area (Å²) in [5, 5.41) is 2.86. The minimum atomic E-state index is -0.247. The van der Waals surface area contributed by atoms with Crippen LogP contribution in [0.15, 0.2) is 48.5 Å². The van der Waals surface area contributed by atoms with Crippen LogP contribution in [0.4, 0.5) is 0 Å². The fraction of sp³-hybridized carbons (Fsp3) is 0.176. The molecule has 0 saturated carbocycles. The van der Waals surface area contributed by atoms with Gasteiger partial charge in [-0.05, 0) is 35.9 Å². The third-order valence-corrected chi connectivity index (χ3v) is 3.69. The summed E-state index contributed by atoms with van der Waals surface area (Å²) in [6.45, 7) is 0. The summed E-state index contributed by atoms with van der Waals surface area (Å²) >= 11 is 0. The van der Waals surface area contributed by atoms with Gasteiger partial charge in [0.05, 0.1) is 13.2 Å². The van der Waals surface area contributed by atoms with E-state index in [1.807, 2.05) is 18.2 Å². The third-order valence-electron chi connectivity index (χ3n) is 3.69. The summed E-state index contributed by atoms with van der Waals surface area (Å²) in [6.07, 6.45) is 0.259. The summed E-state index contributed by atoms with van der Waals surface area (Å²) in [6, 6.07) is 14.1. The van der Waals surface area contributed by atoms with Gasteiger partial charge in [0.1, 0.15) is 5.75 Å². The lowest BCUT2D eigenvalue weighted by molar-refractivity contribution is 0.0933. The first-order chi connectivity index (χ1) is 10.2. The van der Waals surface area contributed by atoms with Crippen molar-refractivity contribution in [3.05, 3.63) is 65.2 Å². The maximum Gasteiger partial charge on any atom is 0.252 e. The van der Waals surface area contributed by atoms with E-state index < -0.39 is 0 Å². The summed E-state index contributed by atoms with van der Waals surface area (Å²) in [4.78, 5) is 24.2. The second-order valence-corrected chi connectivity index (χ2v) is 4.97. The van der Waals surface area contributed by atoms with Crippen molar-refractivity contribution in [2.24, 2.45) is 0 Å². The van der Waals surface area contributed by atoms with Crippen LogP contribution in [0.25, 0.3) is 0 Å². The molecule has 0 fully saturated rings. The van der Waals surface area contributed by atoms with Gasteiger partial charge in [0.2, 0.25) is 0 Å². The number of benzene rings is 2. The van der Waals surface area contributed by atoms with E-state index in [4.69, 9.17) is 4.74 Å². The average Bonchev–Trinajstić information content (AvgIpc) is 2.84. The number of ketones is 1. The number of hydrogen-bond acceptors (Lipinski definition) is 3. The molecule has 2 aromatic carbocycles. The minimum Gasteiger partial charge on any atom is -0.497 e. The molecule has 1 heterocycles. The molecule has 1 N–H and O–H groups in total. The molecule has 0 aromatic heterocycles. The second-order valence-electron chi connectivity index (χ2n) is 4.97. The Kier molecular flexibility index (Phi) is 3.44. The third kappa shape index (κ3) is 2.52. The molecule has 106 valence electrons. The Morgan fingerprint density at radius 1 is 1.14 bits per heavy atom. The largest absolute Gasteiger partial charge is 0.497 e. The number of carbonyl (C=O) groups excluding carboxylic acids is 2. The second kappa shape index (κ2) is 5.40. The van der Waals surface area contributed by atoms with Crippen LogP contribution in [-0.2, 0) is 0 Å². The predicted molar refractivity (Wildman–Crippen MR) is 78.6 cm³/mol. The van der Waals surface area contributed by atoms with Crippen molar-refractivity contribution in [1.82, 2.24) is 5.32 Å². The van der Waals surface area contributed by atoms with Crippen molar-refractivity contribution in [3.63, 3.8) is 0 Å². The Morgan fingerprint density at radius 2 is 1.86 bits per heavy atom. The van der Waals surface area contributed by atoms with E-state index in [1.54, 1.807) is 37.4 Å². The van der Waals surface area contributed by atoms with Gasteiger partial charge < -0.3 is 10.1 Å². The van der Waals surface area contributed by atoms with Crippen LogP contribution in [0.1, 0.15) is 38.7 Å². The van der Waals surface area contributed by atoms with Crippen molar-refractivity contribution < 1.29 is 14.3 Å². The molecule has 1 aliphatic rings. The number of ether oxygens (including phenoxy) is 1. The zero-order valence-electron chi connectivity index (χ0n) is 11.6. The number of fused-ring (bicyclic) bond motifs is 1. The maximum atomic E-state index is 12.3. The first-order valence-electron chi connectivity index (χ1n) is 6.76. The molecule has 0 bridgehead atoms. The van der Waals surface area contributed by atoms with Gasteiger partial charge in [0, 0.05) is 17.5 Å². The Morgan fingerprint density at radius 3 is 2.57 bits per heavy atom. The number of amides is 1. The Balaban J connectivity index is 1.78. The SMILES string of the molecule is COc1ccc(C(=O)C[C@@H]2NC(=O)c3ccccc32)cc1. The maximum absolute atomic E-state index is 12.3. The molecule has 0 spiro atoms. The van der Waals surface area contributed by atoms with Gasteiger partial charge in [-0.3, -0.25) is 9.59 Å². The Bertz CT molecular complexity index is 691. The highest BCUT2D eigenvalue weighted by Crippen LogP contribution is 2.28. The van der Waals surface area contributed by atoms with E-state index >= 15 is 0 Å². The highest BCUT2D eigenvalue weighted by Gasteiger charge is 2.29. The molecule has 4 heteroatoms. The van der Waals surface area contributed by atoms with Gasteiger partial charge in [-0.2, -0.15) is 0 Å². The predicted octanol–water partition coefficient (Wildman–Crippen LogP) is 2.75. The van der Waals surface area contributed by atoms with E-state index in [2.05, 4.69) is 5.32 Å². The Labute approximate surface area is 122 Å². The topological polar surface area (TPSA) is 55.4 Å². The summed E-state index contributed by atoms with van der Waals surface area (Å²) in [5.74, 6) is 0.601. The lowest BCUT2D eigenvalue weighted by atomic mass is 9.98. The normalized spacial score (nSPS) is 16.2. The molecule has 2 aromatic rings. The van der Waals surface area contributed by atoms with E-state index in [0.717, 1.165) is 5.56 Å². The minimum absolute atomic E-state index is 0.000318. The molecule has 1 aliphatic heterocycles. The van der Waals surface area contributed by atoms with Crippen LogP contribution in [0.2, 0.25) is 0 Å². The molecule has 0 saturated heterocycles. The Hall–Kier alpha value is -2.62. The smallest absolute Gasteiger partial charge is 0.252 e. The molecule has 1 amide bonds. The standard InChI is InChI=1S/C17H15NO3/c1-21-12-8-6-11(7-9-12)16(19)10-15-13-4-2-3-5-14(13)17(20)18-15/h2-9,15H,10H2,1H3,(H,18,20)/t15-/m0/s1. The number of hydrogen-bond donors (Lipinski definition) is 1. The molecule has 4 nitrogen and oxygen atoms in total. The average molecular weight is 281 g/mol. The van der Waals surface area contributed by atoms with Gasteiger partial charge in [0.15, 0.2) is 5.78 Å². The summed E-state index contributed by atoms with van der Waals surface area (Å²) in [7, 11) is 1.59. The molecule has 3 rings (SSSR count). The van der Waals surface area contributed by atoms with Crippen molar-refractivity contribution in [1.29, 1.82) is 0 Å². The van der Waals surface area contributed by atoms with E-state index in [0.29, 0.717) is 16.9 Å². The quantitative estimate of drug-likeness (QED) is 0.877. The molecular weight excluding hydrogens is 266 g/mol. The molecular formula is C17H15NO3. The first kappa shape index (κ1) is 13.4. The molecule has 0 unspecified atom stereocenters. The van der Waals surface area contributed by atoms with Crippen molar-refractivity contribution in [2.75, 3.05) is 7.11 Å². The number of carbonyl (C=O) groups is 2. The van der Waals surface area contributed by atoms with Crippen molar-refractivity contribution in [2.45, 2.75) is 12.5 Å². The highest BCUT2D eigenvalue weighted by molar-refractivity contribution is 6.01. The lowest BCUT2D eigenvalue weighted by Crippen LogP contribution is -2.21. The number of methoxy groups -OCH3 is 1. The van der Waals surface area contributed by atoms with E-state index in [-0.39, 0.29) is 24.2 Å². The summed E-state index contributed by atoms with van der Waals surface area (Å²) in [5.41, 5.74) is 2.17. The van der Waals surface area contributed by atoms with Crippen LogP contribution in [0.3, 0.4) is 0 Å². The van der Waals surface area contributed by atoms with E-state index in [1.165, 1.54) is 0 Å². The fourth-order valence-electron chi connectivity index (χ4n) is 2.56. The number of rotatable bonds is 4. The molecule has 0 aliphatic carbocycles. The van der Waals surface area contributed by atoms with Crippen molar-refractivity contribution in [3.8, 4) is 5.75 Å². The van der Waals surface area contributed by atoms with Gasteiger partial charge in [-0.1, -0.05) is 18.2 Å². The first-order valence-corrected chi connectivity index (χ1v) is 6.76. The number of Topliss-reactive ketones (excluding diaryl/α,β-unsaturated/α-hetero) is 1. The fourth-order valence-corrected chi connectivity index (χ4v) is 2.56. The van der Waals surface area contributed by atoms with Gasteiger partial charge in [-0.25, -0.2) is 0 Å². The van der Waals surface area contributed by atoms with Gasteiger partial charge >= 0.3 is 0 Å². The van der Waals surface area contributed by atoms with E-state index in [9.17, 15) is 9.59 Å². The molecule has 21 heavy (non-hydrogen) atoms. The zero-order valence-corrected chi connectivity index (χ0v) is 11.6. The van der Waals surface area contributed by atoms with Gasteiger partial charge in [0.25, 0.3) is 5.91 Å². The zero-order chi connectivity index (χ0) is 14.8. The van der Waals surface area contributed by atoms with Crippen LogP contribution < -0.4 is 10.1 Å². The van der Waals surface area contributed by atoms with Crippen LogP contribution in [0, 0.1) is 0 Å². The van der Waals surface area contributed by atoms with Crippen molar-refractivity contribution >= 4 is 11.7 Å². The molecule has 0 radical (unpaired) electrons. The lowest BCUT2D eigenvalue weighted by Gasteiger charge is -2.11. The molecule has 1 atom stereocenters. The van der Waals surface area contributed by atoms with Crippen LogP contribution in [-0.4, -0.2) is 18.8 Å². The monoisotopic (exact) mass is 281 g/mol. The van der Waals surface area contributed by atoms with Crippen LogP contribution in [0.5, 0.6) is 5.75 Å². The highest BCUT2D eigenvalue weighted by atomic mass is 16.5. The van der Waals surface area contributed by atoms with Crippen LogP contribution >= 0.6 is 0 Å². The summed E-state index contributed by atoms with van der Waals surface area (Å²) < 4.78 is 5.07.